The van der Waals surface area contributed by atoms with Crippen LogP contribution in [0.5, 0.6) is 17.2 Å². The molecule has 26 heavy (non-hydrogen) atoms. The summed E-state index contributed by atoms with van der Waals surface area (Å²) in [6.45, 7) is 1.31. The third-order valence-corrected chi connectivity index (χ3v) is 4.69. The molecule has 0 heterocycles. The van der Waals surface area contributed by atoms with Gasteiger partial charge in [-0.15, -0.1) is 0 Å². The third kappa shape index (κ3) is 5.80. The van der Waals surface area contributed by atoms with E-state index >= 15 is 0 Å². The van der Waals surface area contributed by atoms with E-state index in [0.29, 0.717) is 36.5 Å². The van der Waals surface area contributed by atoms with Crippen LogP contribution in [-0.4, -0.2) is 46.5 Å². The van der Waals surface area contributed by atoms with Crippen LogP contribution >= 0.6 is 0 Å². The quantitative estimate of drug-likeness (QED) is 0.646. The van der Waals surface area contributed by atoms with E-state index in [2.05, 4.69) is 5.32 Å². The second-order valence-corrected chi connectivity index (χ2v) is 6.50. The van der Waals surface area contributed by atoms with Crippen molar-refractivity contribution in [2.45, 2.75) is 51.0 Å². The lowest BCUT2D eigenvalue weighted by Crippen LogP contribution is -2.27. The first kappa shape index (κ1) is 20.4. The molecule has 0 atom stereocenters. The zero-order valence-corrected chi connectivity index (χ0v) is 16.1. The van der Waals surface area contributed by atoms with E-state index in [-0.39, 0.29) is 12.3 Å². The Morgan fingerprint density at radius 2 is 1.77 bits per heavy atom. The van der Waals surface area contributed by atoms with Crippen molar-refractivity contribution < 1.29 is 23.7 Å². The van der Waals surface area contributed by atoms with Gasteiger partial charge in [0.2, 0.25) is 11.7 Å². The highest BCUT2D eigenvalue weighted by molar-refractivity contribution is 5.80. The van der Waals surface area contributed by atoms with Crippen LogP contribution in [-0.2, 0) is 16.0 Å². The number of ether oxygens (including phenoxy) is 4. The number of methoxy groups -OCH3 is 3. The largest absolute Gasteiger partial charge is 0.493 e. The molecular formula is C20H31NO5. The Morgan fingerprint density at radius 1 is 1.04 bits per heavy atom. The Hall–Kier alpha value is -1.95. The first-order chi connectivity index (χ1) is 12.7. The van der Waals surface area contributed by atoms with Crippen molar-refractivity contribution in [1.82, 2.24) is 5.32 Å². The molecule has 2 rings (SSSR count). The molecule has 0 saturated heterocycles. The number of rotatable bonds is 10. The summed E-state index contributed by atoms with van der Waals surface area (Å²) in [4.78, 5) is 12.2. The molecule has 0 bridgehead atoms. The Bertz CT molecular complexity index is 570. The molecule has 6 nitrogen and oxygen atoms in total. The number of benzene rings is 1. The van der Waals surface area contributed by atoms with Crippen molar-refractivity contribution in [3.63, 3.8) is 0 Å². The van der Waals surface area contributed by atoms with Crippen LogP contribution in [0.1, 0.15) is 44.1 Å². The Labute approximate surface area is 156 Å². The average Bonchev–Trinajstić information content (AvgIpc) is 2.68. The highest BCUT2D eigenvalue weighted by atomic mass is 16.5. The standard InChI is InChI=1S/C20H31NO5/c1-23-17-11-10-15(19(24-2)20(17)25-3)14-18(22)21-12-7-13-26-16-8-5-4-6-9-16/h10-11,16H,4-9,12-14H2,1-3H3,(H,21,22). The fourth-order valence-corrected chi connectivity index (χ4v) is 3.32. The molecule has 1 aromatic carbocycles. The molecule has 1 N–H and O–H groups in total. The molecule has 146 valence electrons. The number of hydrogen-bond acceptors (Lipinski definition) is 5. The van der Waals surface area contributed by atoms with Crippen molar-refractivity contribution in [1.29, 1.82) is 0 Å². The number of nitrogens with one attached hydrogen (secondary N) is 1. The smallest absolute Gasteiger partial charge is 0.224 e. The van der Waals surface area contributed by atoms with E-state index in [0.717, 1.165) is 12.0 Å². The summed E-state index contributed by atoms with van der Waals surface area (Å²) in [6, 6.07) is 3.61. The molecule has 1 aliphatic rings. The van der Waals surface area contributed by atoms with Crippen LogP contribution < -0.4 is 19.5 Å². The van der Waals surface area contributed by atoms with Gasteiger partial charge < -0.3 is 24.3 Å². The maximum absolute atomic E-state index is 12.2. The van der Waals surface area contributed by atoms with E-state index in [1.54, 1.807) is 27.4 Å². The monoisotopic (exact) mass is 365 g/mol. The SMILES string of the molecule is COc1ccc(CC(=O)NCCCOC2CCCCC2)c(OC)c1OC. The molecule has 6 heteroatoms. The van der Waals surface area contributed by atoms with Crippen LogP contribution in [0.3, 0.4) is 0 Å². The molecule has 0 radical (unpaired) electrons. The predicted molar refractivity (Wildman–Crippen MR) is 100 cm³/mol. The van der Waals surface area contributed by atoms with Crippen LogP contribution in [0.4, 0.5) is 0 Å². The lowest BCUT2D eigenvalue weighted by atomic mass is 9.98. The number of carbonyl (C=O) groups is 1. The van der Waals surface area contributed by atoms with E-state index < -0.39 is 0 Å². The van der Waals surface area contributed by atoms with Gasteiger partial charge in [-0.25, -0.2) is 0 Å². The molecule has 0 aliphatic heterocycles. The van der Waals surface area contributed by atoms with Gasteiger partial charge in [0, 0.05) is 18.7 Å². The van der Waals surface area contributed by atoms with Crippen LogP contribution in [0.2, 0.25) is 0 Å². The number of hydrogen-bond donors (Lipinski definition) is 1. The Morgan fingerprint density at radius 3 is 2.42 bits per heavy atom. The maximum Gasteiger partial charge on any atom is 0.224 e. The lowest BCUT2D eigenvalue weighted by molar-refractivity contribution is -0.120. The fraction of sp³-hybridized carbons (Fsp3) is 0.650. The predicted octanol–water partition coefficient (Wildman–Crippen LogP) is 3.11. The topological polar surface area (TPSA) is 66.0 Å². The molecule has 1 fully saturated rings. The fourth-order valence-electron chi connectivity index (χ4n) is 3.32. The molecule has 0 aromatic heterocycles. The van der Waals surface area contributed by atoms with Crippen LogP contribution in [0, 0.1) is 0 Å². The Balaban J connectivity index is 1.76. The van der Waals surface area contributed by atoms with Gasteiger partial charge in [0.05, 0.1) is 33.9 Å². The zero-order valence-electron chi connectivity index (χ0n) is 16.1. The normalized spacial score (nSPS) is 14.7. The van der Waals surface area contributed by atoms with Gasteiger partial charge in [-0.3, -0.25) is 4.79 Å². The minimum atomic E-state index is -0.0480. The van der Waals surface area contributed by atoms with Crippen LogP contribution in [0.15, 0.2) is 12.1 Å². The molecule has 1 saturated carbocycles. The van der Waals surface area contributed by atoms with E-state index in [1.807, 2.05) is 6.07 Å². The summed E-state index contributed by atoms with van der Waals surface area (Å²) >= 11 is 0. The summed E-state index contributed by atoms with van der Waals surface area (Å²) in [7, 11) is 4.68. The summed E-state index contributed by atoms with van der Waals surface area (Å²) in [5, 5.41) is 2.94. The first-order valence-electron chi connectivity index (χ1n) is 9.35. The third-order valence-electron chi connectivity index (χ3n) is 4.69. The average molecular weight is 365 g/mol. The first-order valence-corrected chi connectivity index (χ1v) is 9.35. The van der Waals surface area contributed by atoms with Gasteiger partial charge in [0.1, 0.15) is 0 Å². The molecule has 1 aromatic rings. The summed E-state index contributed by atoms with van der Waals surface area (Å²) < 4.78 is 21.9. The molecule has 0 spiro atoms. The van der Waals surface area contributed by atoms with Crippen molar-refractivity contribution in [3.8, 4) is 17.2 Å². The van der Waals surface area contributed by atoms with Crippen molar-refractivity contribution in [3.05, 3.63) is 17.7 Å². The second kappa shape index (κ2) is 10.9. The number of carbonyl (C=O) groups excluding carboxylic acids is 1. The summed E-state index contributed by atoms with van der Waals surface area (Å²) in [6.07, 6.45) is 7.68. The van der Waals surface area contributed by atoms with E-state index in [9.17, 15) is 4.79 Å². The molecule has 1 amide bonds. The summed E-state index contributed by atoms with van der Waals surface area (Å²) in [5.41, 5.74) is 0.765. The van der Waals surface area contributed by atoms with Gasteiger partial charge in [-0.05, 0) is 25.3 Å². The van der Waals surface area contributed by atoms with Gasteiger partial charge >= 0.3 is 0 Å². The molecule has 0 unspecified atom stereocenters. The van der Waals surface area contributed by atoms with Crippen molar-refractivity contribution in [2.24, 2.45) is 0 Å². The van der Waals surface area contributed by atoms with Crippen molar-refractivity contribution in [2.75, 3.05) is 34.5 Å². The zero-order chi connectivity index (χ0) is 18.8. The highest BCUT2D eigenvalue weighted by Gasteiger charge is 2.18. The lowest BCUT2D eigenvalue weighted by Gasteiger charge is -2.21. The van der Waals surface area contributed by atoms with E-state index in [4.69, 9.17) is 18.9 Å². The van der Waals surface area contributed by atoms with Gasteiger partial charge in [0.15, 0.2) is 11.5 Å². The van der Waals surface area contributed by atoms with Gasteiger partial charge in [0.25, 0.3) is 0 Å². The molecule has 1 aliphatic carbocycles. The molecular weight excluding hydrogens is 334 g/mol. The minimum Gasteiger partial charge on any atom is -0.493 e. The van der Waals surface area contributed by atoms with Gasteiger partial charge in [-0.1, -0.05) is 25.3 Å². The van der Waals surface area contributed by atoms with E-state index in [1.165, 1.54) is 32.1 Å². The van der Waals surface area contributed by atoms with Crippen molar-refractivity contribution >= 4 is 5.91 Å². The maximum atomic E-state index is 12.2. The second-order valence-electron chi connectivity index (χ2n) is 6.50. The van der Waals surface area contributed by atoms with Crippen LogP contribution in [0.25, 0.3) is 0 Å². The highest BCUT2D eigenvalue weighted by Crippen LogP contribution is 2.39. The van der Waals surface area contributed by atoms with Gasteiger partial charge in [-0.2, -0.15) is 0 Å². The Kier molecular flexibility index (Phi) is 8.54. The number of amides is 1. The minimum absolute atomic E-state index is 0.0480. The summed E-state index contributed by atoms with van der Waals surface area (Å²) in [5.74, 6) is 1.56.